The van der Waals surface area contributed by atoms with Gasteiger partial charge in [0.25, 0.3) is 0 Å². The van der Waals surface area contributed by atoms with Crippen molar-refractivity contribution in [1.82, 2.24) is 15.1 Å². The summed E-state index contributed by atoms with van der Waals surface area (Å²) >= 11 is 0. The van der Waals surface area contributed by atoms with Crippen LogP contribution in [0.4, 0.5) is 0 Å². The zero-order chi connectivity index (χ0) is 13.5. The Labute approximate surface area is 110 Å². The van der Waals surface area contributed by atoms with Crippen molar-refractivity contribution >= 4 is 5.91 Å². The van der Waals surface area contributed by atoms with Crippen molar-refractivity contribution in [1.29, 1.82) is 0 Å². The smallest absolute Gasteiger partial charge is 0.223 e. The minimum Gasteiger partial charge on any atom is -0.349 e. The van der Waals surface area contributed by atoms with E-state index >= 15 is 0 Å². The fraction of sp³-hybridized carbons (Fsp3) is 0.714. The molecule has 0 aliphatic heterocycles. The Morgan fingerprint density at radius 3 is 2.72 bits per heavy atom. The van der Waals surface area contributed by atoms with Gasteiger partial charge in [-0.3, -0.25) is 9.48 Å². The van der Waals surface area contributed by atoms with Crippen molar-refractivity contribution in [3.05, 3.63) is 18.0 Å². The van der Waals surface area contributed by atoms with Gasteiger partial charge in [-0.15, -0.1) is 0 Å². The molecule has 4 nitrogen and oxygen atoms in total. The van der Waals surface area contributed by atoms with Crippen LogP contribution in [0.5, 0.6) is 0 Å². The highest BCUT2D eigenvalue weighted by Gasteiger charge is 2.18. The molecule has 0 saturated carbocycles. The van der Waals surface area contributed by atoms with Gasteiger partial charge in [0.2, 0.25) is 5.91 Å². The maximum Gasteiger partial charge on any atom is 0.223 e. The SMILES string of the molecule is CCCC[C@H](CC)C(=O)N[C@@H](C)c1cnn(C)c1. The highest BCUT2D eigenvalue weighted by molar-refractivity contribution is 5.78. The minimum absolute atomic E-state index is 0.0295. The minimum atomic E-state index is 0.0295. The van der Waals surface area contributed by atoms with E-state index in [-0.39, 0.29) is 17.9 Å². The number of nitrogens with zero attached hydrogens (tertiary/aromatic N) is 2. The quantitative estimate of drug-likeness (QED) is 0.810. The van der Waals surface area contributed by atoms with Gasteiger partial charge >= 0.3 is 0 Å². The van der Waals surface area contributed by atoms with Gasteiger partial charge in [0.15, 0.2) is 0 Å². The van der Waals surface area contributed by atoms with Crippen LogP contribution in [0.3, 0.4) is 0 Å². The summed E-state index contributed by atoms with van der Waals surface area (Å²) in [6, 6.07) is 0.0295. The van der Waals surface area contributed by atoms with Crippen molar-refractivity contribution in [3.8, 4) is 0 Å². The molecule has 0 bridgehead atoms. The Hall–Kier alpha value is -1.32. The van der Waals surface area contributed by atoms with Gasteiger partial charge in [-0.05, 0) is 19.8 Å². The van der Waals surface area contributed by atoms with Gasteiger partial charge in [-0.1, -0.05) is 26.7 Å². The van der Waals surface area contributed by atoms with Gasteiger partial charge < -0.3 is 5.32 Å². The second kappa shape index (κ2) is 7.19. The molecule has 0 aromatic carbocycles. The fourth-order valence-electron chi connectivity index (χ4n) is 2.05. The molecule has 0 unspecified atom stereocenters. The Bertz CT molecular complexity index is 373. The highest BCUT2D eigenvalue weighted by atomic mass is 16.1. The first-order valence-corrected chi connectivity index (χ1v) is 6.87. The summed E-state index contributed by atoms with van der Waals surface area (Å²) < 4.78 is 1.76. The third-order valence-electron chi connectivity index (χ3n) is 3.35. The van der Waals surface area contributed by atoms with E-state index < -0.39 is 0 Å². The van der Waals surface area contributed by atoms with Crippen LogP contribution >= 0.6 is 0 Å². The fourth-order valence-corrected chi connectivity index (χ4v) is 2.05. The van der Waals surface area contributed by atoms with Crippen molar-refractivity contribution in [2.24, 2.45) is 13.0 Å². The van der Waals surface area contributed by atoms with Crippen molar-refractivity contribution in [2.45, 2.75) is 52.5 Å². The molecule has 0 aliphatic rings. The Kier molecular flexibility index (Phi) is 5.89. The maximum atomic E-state index is 12.1. The molecule has 4 heteroatoms. The zero-order valence-corrected chi connectivity index (χ0v) is 11.9. The summed E-state index contributed by atoms with van der Waals surface area (Å²) in [7, 11) is 1.88. The van der Waals surface area contributed by atoms with E-state index in [9.17, 15) is 4.79 Å². The molecular weight excluding hydrogens is 226 g/mol. The predicted molar refractivity (Wildman–Crippen MR) is 73.1 cm³/mol. The molecule has 1 heterocycles. The van der Waals surface area contributed by atoms with Crippen LogP contribution in [0.1, 0.15) is 58.1 Å². The summed E-state index contributed by atoms with van der Waals surface area (Å²) in [5.74, 6) is 0.311. The molecule has 0 saturated heterocycles. The Morgan fingerprint density at radius 1 is 1.50 bits per heavy atom. The molecule has 1 amide bonds. The van der Waals surface area contributed by atoms with E-state index in [4.69, 9.17) is 0 Å². The van der Waals surface area contributed by atoms with Crippen LogP contribution in [-0.4, -0.2) is 15.7 Å². The number of unbranched alkanes of at least 4 members (excludes halogenated alkanes) is 1. The van der Waals surface area contributed by atoms with E-state index in [1.165, 1.54) is 0 Å². The highest BCUT2D eigenvalue weighted by Crippen LogP contribution is 2.16. The molecule has 1 aromatic heterocycles. The average molecular weight is 251 g/mol. The lowest BCUT2D eigenvalue weighted by Crippen LogP contribution is -2.32. The van der Waals surface area contributed by atoms with E-state index in [0.717, 1.165) is 31.2 Å². The molecular formula is C14H25N3O. The first kappa shape index (κ1) is 14.7. The van der Waals surface area contributed by atoms with Crippen molar-refractivity contribution < 1.29 is 4.79 Å². The number of aromatic nitrogens is 2. The molecule has 18 heavy (non-hydrogen) atoms. The Morgan fingerprint density at radius 2 is 2.22 bits per heavy atom. The van der Waals surface area contributed by atoms with E-state index in [2.05, 4.69) is 24.3 Å². The number of amides is 1. The lowest BCUT2D eigenvalue weighted by Gasteiger charge is -2.18. The molecule has 1 aromatic rings. The lowest BCUT2D eigenvalue weighted by molar-refractivity contribution is -0.126. The second-order valence-corrected chi connectivity index (χ2v) is 4.93. The third kappa shape index (κ3) is 4.17. The molecule has 1 rings (SSSR count). The second-order valence-electron chi connectivity index (χ2n) is 4.93. The Balaban J connectivity index is 2.52. The van der Waals surface area contributed by atoms with Crippen LogP contribution in [-0.2, 0) is 11.8 Å². The normalized spacial score (nSPS) is 14.2. The number of hydrogen-bond donors (Lipinski definition) is 1. The summed E-state index contributed by atoms with van der Waals surface area (Å²) in [6.45, 7) is 6.24. The number of rotatable bonds is 7. The van der Waals surface area contributed by atoms with Gasteiger partial charge in [0.1, 0.15) is 0 Å². The summed E-state index contributed by atoms with van der Waals surface area (Å²) in [5, 5.41) is 7.20. The van der Waals surface area contributed by atoms with E-state index in [0.29, 0.717) is 0 Å². The largest absolute Gasteiger partial charge is 0.349 e. The van der Waals surface area contributed by atoms with Crippen LogP contribution < -0.4 is 5.32 Å². The molecule has 0 radical (unpaired) electrons. The first-order chi connectivity index (χ1) is 8.58. The molecule has 1 N–H and O–H groups in total. The van der Waals surface area contributed by atoms with E-state index in [1.807, 2.05) is 20.2 Å². The first-order valence-electron chi connectivity index (χ1n) is 6.87. The van der Waals surface area contributed by atoms with Crippen molar-refractivity contribution in [3.63, 3.8) is 0 Å². The van der Waals surface area contributed by atoms with Gasteiger partial charge in [0, 0.05) is 24.7 Å². The topological polar surface area (TPSA) is 46.9 Å². The number of carbonyl (C=O) groups excluding carboxylic acids is 1. The van der Waals surface area contributed by atoms with Crippen LogP contribution in [0.15, 0.2) is 12.4 Å². The molecule has 2 atom stereocenters. The van der Waals surface area contributed by atoms with Gasteiger partial charge in [-0.25, -0.2) is 0 Å². The van der Waals surface area contributed by atoms with Crippen LogP contribution in [0.2, 0.25) is 0 Å². The summed E-state index contributed by atoms with van der Waals surface area (Å²) in [4.78, 5) is 12.1. The maximum absolute atomic E-state index is 12.1. The number of aryl methyl sites for hydroxylation is 1. The monoisotopic (exact) mass is 251 g/mol. The molecule has 0 fully saturated rings. The average Bonchev–Trinajstić information content (AvgIpc) is 2.77. The lowest BCUT2D eigenvalue weighted by atomic mass is 9.98. The predicted octanol–water partition coefficient (Wildman–Crippen LogP) is 2.81. The number of hydrogen-bond acceptors (Lipinski definition) is 2. The van der Waals surface area contributed by atoms with E-state index in [1.54, 1.807) is 10.9 Å². The number of carbonyl (C=O) groups is 1. The number of nitrogens with one attached hydrogen (secondary N) is 1. The zero-order valence-electron chi connectivity index (χ0n) is 11.9. The van der Waals surface area contributed by atoms with Gasteiger partial charge in [-0.2, -0.15) is 5.10 Å². The van der Waals surface area contributed by atoms with Crippen LogP contribution in [0.25, 0.3) is 0 Å². The standard InChI is InChI=1S/C14H25N3O/c1-5-7-8-12(6-2)14(18)16-11(3)13-9-15-17(4)10-13/h9-12H,5-8H2,1-4H3,(H,16,18)/t11-,12-/m0/s1. The van der Waals surface area contributed by atoms with Crippen molar-refractivity contribution in [2.75, 3.05) is 0 Å². The summed E-state index contributed by atoms with van der Waals surface area (Å²) in [5.41, 5.74) is 1.05. The van der Waals surface area contributed by atoms with Crippen LogP contribution in [0, 0.1) is 5.92 Å². The third-order valence-corrected chi connectivity index (χ3v) is 3.35. The molecule has 0 aliphatic carbocycles. The summed E-state index contributed by atoms with van der Waals surface area (Å²) in [6.07, 6.45) is 7.90. The van der Waals surface area contributed by atoms with Gasteiger partial charge in [0.05, 0.1) is 12.2 Å². The molecule has 102 valence electrons. The molecule has 0 spiro atoms.